The van der Waals surface area contributed by atoms with Crippen molar-refractivity contribution < 1.29 is 19.1 Å². The molecule has 0 saturated carbocycles. The number of benzene rings is 2. The summed E-state index contributed by atoms with van der Waals surface area (Å²) < 4.78 is 11.5. The third-order valence-electron chi connectivity index (χ3n) is 6.30. The quantitative estimate of drug-likeness (QED) is 0.505. The number of hydrogen-bond acceptors (Lipinski definition) is 7. The lowest BCUT2D eigenvalue weighted by molar-refractivity contribution is 0.0123. The van der Waals surface area contributed by atoms with E-state index in [0.717, 1.165) is 29.3 Å². The highest BCUT2D eigenvalue weighted by molar-refractivity contribution is 7.18. The Morgan fingerprint density at radius 1 is 0.972 bits per heavy atom. The van der Waals surface area contributed by atoms with Crippen molar-refractivity contribution in [2.75, 3.05) is 18.0 Å². The second-order valence-corrected chi connectivity index (χ2v) is 11.1. The Hall–Kier alpha value is -3.59. The summed E-state index contributed by atoms with van der Waals surface area (Å²) in [6.45, 7) is 6.93. The lowest BCUT2D eigenvalue weighted by atomic mass is 10.1. The van der Waals surface area contributed by atoms with Gasteiger partial charge in [0.15, 0.2) is 5.13 Å². The van der Waals surface area contributed by atoms with Gasteiger partial charge in [0.05, 0.1) is 17.8 Å². The smallest absolute Gasteiger partial charge is 0.410 e. The van der Waals surface area contributed by atoms with Crippen LogP contribution in [0.5, 0.6) is 11.5 Å². The Balaban J connectivity index is 1.35. The normalized spacial score (nSPS) is 19.3. The number of aromatic nitrogens is 1. The van der Waals surface area contributed by atoms with E-state index in [1.807, 2.05) is 80.3 Å². The summed E-state index contributed by atoms with van der Waals surface area (Å²) in [4.78, 5) is 34.4. The molecule has 2 atom stereocenters. The third-order valence-corrected chi connectivity index (χ3v) is 7.43. The van der Waals surface area contributed by atoms with Crippen LogP contribution in [0.25, 0.3) is 11.3 Å². The van der Waals surface area contributed by atoms with Crippen LogP contribution in [0, 0.1) is 0 Å². The van der Waals surface area contributed by atoms with Crippen molar-refractivity contribution in [2.45, 2.75) is 51.3 Å². The van der Waals surface area contributed by atoms with Crippen molar-refractivity contribution in [3.05, 3.63) is 59.5 Å². The molecule has 9 heteroatoms. The molecule has 2 N–H and O–H groups in total. The molecule has 0 unspecified atom stereocenters. The number of carbonyl (C=O) groups is 2. The zero-order valence-corrected chi connectivity index (χ0v) is 21.5. The molecule has 0 aliphatic carbocycles. The topological polar surface area (TPSA) is 98.0 Å². The average molecular weight is 507 g/mol. The van der Waals surface area contributed by atoms with E-state index in [1.165, 1.54) is 11.3 Å². The molecule has 0 radical (unpaired) electrons. The standard InChI is InChI=1S/C27H30N4O4S/c1-27(2,3)35-26(33)31-18-11-12-19(31)16-30(15-18)25-29-22(23(36-25)24(28)32)17-9-13-21(14-10-17)34-20-7-5-4-6-8-20/h4-10,13-14,18-19H,11-12,15-16H2,1-3H3,(H2,28,32)/t18-,19+. The molecule has 188 valence electrons. The highest BCUT2D eigenvalue weighted by Crippen LogP contribution is 2.38. The van der Waals surface area contributed by atoms with Crippen LogP contribution in [-0.4, -0.2) is 52.7 Å². The highest BCUT2D eigenvalue weighted by Gasteiger charge is 2.45. The molecular formula is C27H30N4O4S. The molecule has 2 bridgehead atoms. The summed E-state index contributed by atoms with van der Waals surface area (Å²) in [7, 11) is 0. The summed E-state index contributed by atoms with van der Waals surface area (Å²) >= 11 is 1.30. The fraction of sp³-hybridized carbons (Fsp3) is 0.370. The minimum Gasteiger partial charge on any atom is -0.457 e. The first kappa shape index (κ1) is 24.1. The van der Waals surface area contributed by atoms with Crippen molar-refractivity contribution in [2.24, 2.45) is 5.73 Å². The van der Waals surface area contributed by atoms with Crippen molar-refractivity contribution in [3.63, 3.8) is 0 Å². The number of nitrogens with zero attached hydrogens (tertiary/aromatic N) is 3. The number of anilines is 1. The van der Waals surface area contributed by atoms with Gasteiger partial charge in [-0.1, -0.05) is 29.5 Å². The van der Waals surface area contributed by atoms with Gasteiger partial charge in [-0.15, -0.1) is 0 Å². The number of piperazine rings is 1. The van der Waals surface area contributed by atoms with Gasteiger partial charge in [0.1, 0.15) is 22.0 Å². The van der Waals surface area contributed by atoms with E-state index in [9.17, 15) is 9.59 Å². The second-order valence-electron chi connectivity index (χ2n) is 10.2. The molecule has 2 aliphatic heterocycles. The number of ether oxygens (including phenoxy) is 2. The molecule has 2 saturated heterocycles. The van der Waals surface area contributed by atoms with Crippen LogP contribution in [0.3, 0.4) is 0 Å². The molecule has 2 aromatic carbocycles. The number of para-hydroxylation sites is 1. The average Bonchev–Trinajstić information content (AvgIpc) is 3.39. The summed E-state index contributed by atoms with van der Waals surface area (Å²) in [6, 6.07) is 17.1. The third kappa shape index (κ3) is 5.02. The monoisotopic (exact) mass is 506 g/mol. The molecule has 3 aromatic rings. The van der Waals surface area contributed by atoms with Gasteiger partial charge < -0.3 is 20.1 Å². The predicted octanol–water partition coefficient (Wildman–Crippen LogP) is 5.29. The summed E-state index contributed by atoms with van der Waals surface area (Å²) in [6.07, 6.45) is 1.58. The summed E-state index contributed by atoms with van der Waals surface area (Å²) in [5, 5.41) is 0.740. The number of hydrogen-bond donors (Lipinski definition) is 1. The maximum Gasteiger partial charge on any atom is 0.410 e. The Morgan fingerprint density at radius 3 is 2.17 bits per heavy atom. The first-order chi connectivity index (χ1) is 17.2. The predicted molar refractivity (Wildman–Crippen MR) is 140 cm³/mol. The first-order valence-corrected chi connectivity index (χ1v) is 12.9. The van der Waals surface area contributed by atoms with E-state index in [-0.39, 0.29) is 18.2 Å². The Bertz CT molecular complexity index is 1240. The van der Waals surface area contributed by atoms with Gasteiger partial charge in [0, 0.05) is 18.7 Å². The lowest BCUT2D eigenvalue weighted by Gasteiger charge is -2.41. The van der Waals surface area contributed by atoms with Crippen LogP contribution >= 0.6 is 11.3 Å². The zero-order chi connectivity index (χ0) is 25.4. The number of primary amides is 1. The molecule has 2 aliphatic rings. The molecule has 2 fully saturated rings. The SMILES string of the molecule is CC(C)(C)OC(=O)N1[C@@H]2CC[C@H]1CN(c1nc(-c3ccc(Oc4ccccc4)cc3)c(C(N)=O)s1)C2. The fourth-order valence-electron chi connectivity index (χ4n) is 4.78. The molecule has 8 nitrogen and oxygen atoms in total. The maximum absolute atomic E-state index is 12.8. The van der Waals surface area contributed by atoms with Crippen LogP contribution in [0.15, 0.2) is 54.6 Å². The molecule has 36 heavy (non-hydrogen) atoms. The van der Waals surface area contributed by atoms with Crippen LogP contribution in [0.1, 0.15) is 43.3 Å². The number of nitrogens with two attached hydrogens (primary N) is 1. The van der Waals surface area contributed by atoms with Gasteiger partial charge in [0.2, 0.25) is 0 Å². The molecule has 5 rings (SSSR count). The lowest BCUT2D eigenvalue weighted by Crippen LogP contribution is -2.56. The Morgan fingerprint density at radius 2 is 1.58 bits per heavy atom. The zero-order valence-electron chi connectivity index (χ0n) is 20.6. The van der Waals surface area contributed by atoms with Gasteiger partial charge in [-0.05, 0) is 70.0 Å². The van der Waals surface area contributed by atoms with Crippen molar-refractivity contribution in [1.29, 1.82) is 0 Å². The van der Waals surface area contributed by atoms with Gasteiger partial charge in [-0.25, -0.2) is 9.78 Å². The first-order valence-electron chi connectivity index (χ1n) is 12.1. The summed E-state index contributed by atoms with van der Waals surface area (Å²) in [5.74, 6) is 0.934. The molecule has 0 spiro atoms. The minimum absolute atomic E-state index is 0.0531. The number of rotatable bonds is 5. The fourth-order valence-corrected chi connectivity index (χ4v) is 5.74. The number of carbonyl (C=O) groups excluding carboxylic acids is 2. The van der Waals surface area contributed by atoms with Crippen LogP contribution < -0.4 is 15.4 Å². The maximum atomic E-state index is 12.8. The van der Waals surface area contributed by atoms with Gasteiger partial charge in [-0.2, -0.15) is 0 Å². The van der Waals surface area contributed by atoms with E-state index in [4.69, 9.17) is 20.2 Å². The van der Waals surface area contributed by atoms with E-state index in [0.29, 0.717) is 29.4 Å². The molecule has 3 heterocycles. The van der Waals surface area contributed by atoms with Crippen LogP contribution in [0.4, 0.5) is 9.93 Å². The van der Waals surface area contributed by atoms with Crippen LogP contribution in [0.2, 0.25) is 0 Å². The van der Waals surface area contributed by atoms with Crippen molar-refractivity contribution in [1.82, 2.24) is 9.88 Å². The second kappa shape index (κ2) is 9.46. The Kier molecular flexibility index (Phi) is 6.34. The van der Waals surface area contributed by atoms with E-state index < -0.39 is 11.5 Å². The van der Waals surface area contributed by atoms with E-state index >= 15 is 0 Å². The van der Waals surface area contributed by atoms with Gasteiger partial charge in [0.25, 0.3) is 5.91 Å². The summed E-state index contributed by atoms with van der Waals surface area (Å²) in [5.41, 5.74) is 6.56. The van der Waals surface area contributed by atoms with Crippen LogP contribution in [-0.2, 0) is 4.74 Å². The number of fused-ring (bicyclic) bond motifs is 2. The number of thiazole rings is 1. The molecule has 1 aromatic heterocycles. The van der Waals surface area contributed by atoms with Crippen molar-refractivity contribution >= 4 is 28.5 Å². The van der Waals surface area contributed by atoms with E-state index in [2.05, 4.69) is 4.90 Å². The number of amides is 2. The van der Waals surface area contributed by atoms with E-state index in [1.54, 1.807) is 0 Å². The highest BCUT2D eigenvalue weighted by atomic mass is 32.1. The molecular weight excluding hydrogens is 476 g/mol. The molecule has 2 amide bonds. The van der Waals surface area contributed by atoms with Crippen molar-refractivity contribution in [3.8, 4) is 22.8 Å². The Labute approximate surface area is 214 Å². The largest absolute Gasteiger partial charge is 0.457 e. The van der Waals surface area contributed by atoms with Gasteiger partial charge in [-0.3, -0.25) is 9.69 Å². The minimum atomic E-state index is -0.532. The van der Waals surface area contributed by atoms with Gasteiger partial charge >= 0.3 is 6.09 Å².